The Hall–Kier alpha value is -2.02. The number of carbonyl (C=O) groups excluding carboxylic acids is 1. The first-order valence-corrected chi connectivity index (χ1v) is 7.57. The second kappa shape index (κ2) is 5.77. The van der Waals surface area contributed by atoms with Crippen molar-refractivity contribution in [3.8, 4) is 0 Å². The summed E-state index contributed by atoms with van der Waals surface area (Å²) in [4.78, 5) is 23.6. The molecule has 1 saturated heterocycles. The summed E-state index contributed by atoms with van der Waals surface area (Å²) in [5.74, 6) is -0.241. The van der Waals surface area contributed by atoms with Gasteiger partial charge in [0.05, 0.1) is 6.54 Å². The maximum atomic E-state index is 11.9. The number of hydrogen-bond acceptors (Lipinski definition) is 5. The molecule has 3 rings (SSSR count). The van der Waals surface area contributed by atoms with Gasteiger partial charge in [0.1, 0.15) is 11.4 Å². The average Bonchev–Trinajstić information content (AvgIpc) is 2.96. The highest BCUT2D eigenvalue weighted by Crippen LogP contribution is 2.30. The Bertz CT molecular complexity index is 695. The molecule has 0 amide bonds. The summed E-state index contributed by atoms with van der Waals surface area (Å²) >= 11 is 1.28. The van der Waals surface area contributed by atoms with Crippen LogP contribution in [0.25, 0.3) is 0 Å². The highest BCUT2D eigenvalue weighted by molar-refractivity contribution is 8.00. The number of esters is 1. The minimum atomic E-state index is -0.301. The molecule has 1 aliphatic rings. The molecule has 1 N–H and O–H groups in total. The van der Waals surface area contributed by atoms with Gasteiger partial charge in [0.15, 0.2) is 5.16 Å². The summed E-state index contributed by atoms with van der Waals surface area (Å²) in [7, 11) is 0. The minimum absolute atomic E-state index is 0.0803. The van der Waals surface area contributed by atoms with Crippen LogP contribution in [-0.2, 0) is 16.1 Å². The standard InChI is InChI=1S/C14H15N3O3S/c1-9-7-11(12(18)20-9)21-14-16-15-13(19)17(14)8-10-5-3-2-4-6-10/h2-6,9,11H,7-8H2,1H3,(H,15,19)/t9-,11+/m0/s1. The molecular weight excluding hydrogens is 290 g/mol. The minimum Gasteiger partial charge on any atom is -0.462 e. The second-order valence-electron chi connectivity index (χ2n) is 4.97. The molecule has 1 aromatic carbocycles. The van der Waals surface area contributed by atoms with Gasteiger partial charge < -0.3 is 4.74 Å². The van der Waals surface area contributed by atoms with Crippen LogP contribution in [0.15, 0.2) is 40.3 Å². The van der Waals surface area contributed by atoms with Crippen LogP contribution in [-0.4, -0.2) is 32.1 Å². The molecule has 0 bridgehead atoms. The summed E-state index contributed by atoms with van der Waals surface area (Å²) in [5.41, 5.74) is 0.728. The predicted molar refractivity (Wildman–Crippen MR) is 78.2 cm³/mol. The number of nitrogens with zero attached hydrogens (tertiary/aromatic N) is 2. The fourth-order valence-corrected chi connectivity index (χ4v) is 3.39. The van der Waals surface area contributed by atoms with Crippen LogP contribution in [0.2, 0.25) is 0 Å². The predicted octanol–water partition coefficient (Wildman–Crippen LogP) is 1.42. The van der Waals surface area contributed by atoms with E-state index < -0.39 is 0 Å². The molecule has 0 unspecified atom stereocenters. The zero-order chi connectivity index (χ0) is 14.8. The van der Waals surface area contributed by atoms with Crippen molar-refractivity contribution in [2.75, 3.05) is 0 Å². The molecule has 7 heteroatoms. The fourth-order valence-electron chi connectivity index (χ4n) is 2.24. The Morgan fingerprint density at radius 2 is 2.14 bits per heavy atom. The number of hydrogen-bond donors (Lipinski definition) is 1. The molecule has 0 radical (unpaired) electrons. The molecule has 21 heavy (non-hydrogen) atoms. The quantitative estimate of drug-likeness (QED) is 0.864. The molecule has 1 aromatic heterocycles. The number of carbonyl (C=O) groups is 1. The van der Waals surface area contributed by atoms with E-state index in [1.165, 1.54) is 16.3 Å². The van der Waals surface area contributed by atoms with Crippen LogP contribution in [0.4, 0.5) is 0 Å². The topological polar surface area (TPSA) is 77.0 Å². The normalized spacial score (nSPS) is 21.5. The van der Waals surface area contributed by atoms with Crippen LogP contribution in [0.5, 0.6) is 0 Å². The molecule has 6 nitrogen and oxygen atoms in total. The fraction of sp³-hybridized carbons (Fsp3) is 0.357. The van der Waals surface area contributed by atoms with Crippen molar-refractivity contribution in [3.05, 3.63) is 46.4 Å². The van der Waals surface area contributed by atoms with Gasteiger partial charge in [0.2, 0.25) is 0 Å². The van der Waals surface area contributed by atoms with Crippen molar-refractivity contribution in [2.45, 2.75) is 36.4 Å². The summed E-state index contributed by atoms with van der Waals surface area (Å²) in [6.07, 6.45) is 0.554. The van der Waals surface area contributed by atoms with Crippen LogP contribution in [0.1, 0.15) is 18.9 Å². The summed E-state index contributed by atoms with van der Waals surface area (Å²) < 4.78 is 6.66. The molecule has 1 fully saturated rings. The third-order valence-corrected chi connectivity index (χ3v) is 4.47. The lowest BCUT2D eigenvalue weighted by Crippen LogP contribution is -2.19. The summed E-state index contributed by atoms with van der Waals surface area (Å²) in [6.45, 7) is 2.29. The van der Waals surface area contributed by atoms with Crippen molar-refractivity contribution in [2.24, 2.45) is 0 Å². The molecule has 0 spiro atoms. The molecule has 2 aromatic rings. The van der Waals surface area contributed by atoms with E-state index in [1.807, 2.05) is 37.3 Å². The molecule has 2 atom stereocenters. The lowest BCUT2D eigenvalue weighted by Gasteiger charge is -2.07. The number of aromatic amines is 1. The van der Waals surface area contributed by atoms with Crippen LogP contribution < -0.4 is 5.69 Å². The maximum Gasteiger partial charge on any atom is 0.344 e. The zero-order valence-corrected chi connectivity index (χ0v) is 12.3. The van der Waals surface area contributed by atoms with E-state index in [0.29, 0.717) is 18.1 Å². The number of nitrogens with one attached hydrogen (secondary N) is 1. The highest BCUT2D eigenvalue weighted by atomic mass is 32.2. The van der Waals surface area contributed by atoms with Crippen LogP contribution in [0.3, 0.4) is 0 Å². The Kier molecular flexibility index (Phi) is 3.83. The van der Waals surface area contributed by atoms with Crippen molar-refractivity contribution in [1.82, 2.24) is 14.8 Å². The van der Waals surface area contributed by atoms with Crippen LogP contribution in [0, 0.1) is 0 Å². The van der Waals surface area contributed by atoms with E-state index in [1.54, 1.807) is 0 Å². The first-order chi connectivity index (χ1) is 10.1. The van der Waals surface area contributed by atoms with Gasteiger partial charge >= 0.3 is 11.7 Å². The van der Waals surface area contributed by atoms with Gasteiger partial charge in [-0.25, -0.2) is 9.89 Å². The third kappa shape index (κ3) is 3.02. The molecule has 0 aliphatic carbocycles. The highest BCUT2D eigenvalue weighted by Gasteiger charge is 2.34. The monoisotopic (exact) mass is 305 g/mol. The second-order valence-corrected chi connectivity index (χ2v) is 6.14. The first kappa shape index (κ1) is 13.9. The van der Waals surface area contributed by atoms with Crippen molar-refractivity contribution >= 4 is 17.7 Å². The number of thioether (sulfide) groups is 1. The number of H-pyrrole nitrogens is 1. The van der Waals surface area contributed by atoms with Gasteiger partial charge in [-0.05, 0) is 12.5 Å². The van der Waals surface area contributed by atoms with Gasteiger partial charge in [-0.2, -0.15) is 0 Å². The van der Waals surface area contributed by atoms with Crippen molar-refractivity contribution in [1.29, 1.82) is 0 Å². The lowest BCUT2D eigenvalue weighted by molar-refractivity contribution is -0.140. The Morgan fingerprint density at radius 1 is 1.38 bits per heavy atom. The smallest absolute Gasteiger partial charge is 0.344 e. The molecule has 110 valence electrons. The Balaban J connectivity index is 1.81. The van der Waals surface area contributed by atoms with E-state index in [9.17, 15) is 9.59 Å². The molecular formula is C14H15N3O3S. The van der Waals surface area contributed by atoms with Crippen molar-refractivity contribution in [3.63, 3.8) is 0 Å². The van der Waals surface area contributed by atoms with Gasteiger partial charge in [0, 0.05) is 6.42 Å². The number of cyclic esters (lactones) is 1. The zero-order valence-electron chi connectivity index (χ0n) is 11.5. The van der Waals surface area contributed by atoms with Gasteiger partial charge in [-0.15, -0.1) is 5.10 Å². The molecule has 2 heterocycles. The summed E-state index contributed by atoms with van der Waals surface area (Å²) in [6, 6.07) is 9.65. The summed E-state index contributed by atoms with van der Waals surface area (Å²) in [5, 5.41) is 6.67. The van der Waals surface area contributed by atoms with Gasteiger partial charge in [-0.1, -0.05) is 42.1 Å². The molecule has 1 aliphatic heterocycles. The van der Waals surface area contributed by atoms with E-state index in [2.05, 4.69) is 10.2 Å². The average molecular weight is 305 g/mol. The number of ether oxygens (including phenoxy) is 1. The largest absolute Gasteiger partial charge is 0.462 e. The Morgan fingerprint density at radius 3 is 2.81 bits per heavy atom. The van der Waals surface area contributed by atoms with E-state index >= 15 is 0 Å². The van der Waals surface area contributed by atoms with Gasteiger partial charge in [-0.3, -0.25) is 9.36 Å². The SMILES string of the molecule is C[C@H]1C[C@@H](Sc2n[nH]c(=O)n2Cc2ccccc2)C(=O)O1. The van der Waals surface area contributed by atoms with Gasteiger partial charge in [0.25, 0.3) is 0 Å². The Labute approximate surface area is 125 Å². The number of rotatable bonds is 4. The van der Waals surface area contributed by atoms with E-state index in [-0.39, 0.29) is 23.0 Å². The third-order valence-electron chi connectivity index (χ3n) is 3.28. The number of aromatic nitrogens is 3. The lowest BCUT2D eigenvalue weighted by atomic mass is 10.2. The van der Waals surface area contributed by atoms with Crippen LogP contribution >= 0.6 is 11.8 Å². The molecule has 0 saturated carbocycles. The maximum absolute atomic E-state index is 11.9. The first-order valence-electron chi connectivity index (χ1n) is 6.70. The van der Waals surface area contributed by atoms with E-state index in [4.69, 9.17) is 4.74 Å². The van der Waals surface area contributed by atoms with E-state index in [0.717, 1.165) is 5.56 Å². The van der Waals surface area contributed by atoms with Crippen molar-refractivity contribution < 1.29 is 9.53 Å². The number of benzene rings is 1.